The van der Waals surface area contributed by atoms with E-state index < -0.39 is 26.6 Å². The number of amides is 1. The summed E-state index contributed by atoms with van der Waals surface area (Å²) in [5.41, 5.74) is 0. The molecule has 1 amide bonds. The average Bonchev–Trinajstić information content (AvgIpc) is 3.08. The van der Waals surface area contributed by atoms with Crippen LogP contribution in [-0.2, 0) is 27.9 Å². The first kappa shape index (κ1) is 87.4. The molecule has 3 atom stereocenters. The third-order valence-corrected chi connectivity index (χ3v) is 17.3. The van der Waals surface area contributed by atoms with Gasteiger partial charge in [0.15, 0.2) is 0 Å². The van der Waals surface area contributed by atoms with Crippen LogP contribution in [0.1, 0.15) is 329 Å². The van der Waals surface area contributed by atoms with Crippen LogP contribution in [0.3, 0.4) is 0 Å². The van der Waals surface area contributed by atoms with Gasteiger partial charge in [0.1, 0.15) is 19.3 Å². The van der Waals surface area contributed by atoms with Gasteiger partial charge >= 0.3 is 5.97 Å². The Morgan fingerprint density at radius 2 is 0.703 bits per heavy atom. The zero-order valence-corrected chi connectivity index (χ0v) is 60.9. The number of carbonyl (C=O) groups excluding carboxylic acids is 2. The Balaban J connectivity index is 4.97. The average molecular weight is 1290 g/mol. The second kappa shape index (κ2) is 69.2. The van der Waals surface area contributed by atoms with E-state index in [2.05, 4.69) is 135 Å². The molecular formula is C81H143N2O7P. The van der Waals surface area contributed by atoms with Crippen molar-refractivity contribution in [1.82, 2.24) is 5.32 Å². The molecule has 9 nitrogen and oxygen atoms in total. The summed E-state index contributed by atoms with van der Waals surface area (Å²) in [4.78, 5) is 40.3. The number of nitrogens with zero attached hydrogens (tertiary/aromatic N) is 1. The maximum Gasteiger partial charge on any atom is 0.306 e. The van der Waals surface area contributed by atoms with Gasteiger partial charge in [-0.3, -0.25) is 14.2 Å². The van der Waals surface area contributed by atoms with Crippen LogP contribution in [0.5, 0.6) is 0 Å². The van der Waals surface area contributed by atoms with Crippen LogP contribution in [0.25, 0.3) is 0 Å². The van der Waals surface area contributed by atoms with Gasteiger partial charge in [0.25, 0.3) is 7.82 Å². The van der Waals surface area contributed by atoms with Gasteiger partial charge in [-0.2, -0.15) is 0 Å². The molecule has 3 unspecified atom stereocenters. The normalized spacial score (nSPS) is 14.1. The number of hydrogen-bond donors (Lipinski definition) is 1. The molecule has 0 aliphatic heterocycles. The third-order valence-electron chi connectivity index (χ3n) is 16.4. The number of ether oxygens (including phenoxy) is 1. The van der Waals surface area contributed by atoms with Gasteiger partial charge in [0, 0.05) is 12.8 Å². The van der Waals surface area contributed by atoms with Gasteiger partial charge in [0.05, 0.1) is 33.8 Å². The van der Waals surface area contributed by atoms with Crippen molar-refractivity contribution < 1.29 is 37.3 Å². The molecule has 0 aliphatic carbocycles. The number of unbranched alkanes of at least 4 members (excludes halogenated alkanes) is 34. The highest BCUT2D eigenvalue weighted by molar-refractivity contribution is 7.45. The molecule has 1 N–H and O–H groups in total. The van der Waals surface area contributed by atoms with Crippen LogP contribution >= 0.6 is 7.82 Å². The predicted octanol–water partition coefficient (Wildman–Crippen LogP) is 23.9. The summed E-state index contributed by atoms with van der Waals surface area (Å²) in [6, 6.07) is -0.902. The minimum Gasteiger partial charge on any atom is -0.756 e. The second-order valence-electron chi connectivity index (χ2n) is 26.4. The Labute approximate surface area is 563 Å². The van der Waals surface area contributed by atoms with E-state index in [1.165, 1.54) is 173 Å². The molecule has 0 rings (SSSR count). The van der Waals surface area contributed by atoms with Crippen molar-refractivity contribution in [3.8, 4) is 0 Å². The number of likely N-dealkylation sites (N-methyl/N-ethyl adjacent to an activating group) is 1. The van der Waals surface area contributed by atoms with Crippen LogP contribution < -0.4 is 10.2 Å². The van der Waals surface area contributed by atoms with Crippen LogP contribution in [0.4, 0.5) is 0 Å². The minimum absolute atomic E-state index is 0.0290. The number of hydrogen-bond acceptors (Lipinski definition) is 7. The molecule has 0 aromatic rings. The number of quaternary nitrogens is 1. The van der Waals surface area contributed by atoms with Crippen LogP contribution in [0, 0.1) is 0 Å². The number of carbonyl (C=O) groups is 2. The third kappa shape index (κ3) is 70.6. The molecule has 0 aromatic carbocycles. The van der Waals surface area contributed by atoms with Crippen molar-refractivity contribution in [1.29, 1.82) is 0 Å². The molecule has 10 heteroatoms. The summed E-state index contributed by atoms with van der Waals surface area (Å²) < 4.78 is 30.5. The van der Waals surface area contributed by atoms with Crippen molar-refractivity contribution in [2.45, 2.75) is 341 Å². The highest BCUT2D eigenvalue weighted by atomic mass is 31.2. The monoisotopic (exact) mass is 1290 g/mol. The standard InChI is InChI=1S/C81H143N2O7P/c1-7-10-13-16-19-22-25-27-29-31-33-35-37-39-41-43-45-47-49-51-53-55-58-61-64-67-70-73-80(84)82-78(77-89-91(86,87)88-76-75-83(4,5)6)79(72-69-66-63-60-57-24-21-18-15-12-9-3)90-81(85)74-71-68-65-62-59-56-54-52-50-48-46-44-42-40-38-36-34-32-30-28-26-23-20-17-14-11-8-2/h10,13,19-20,22-23,27-30,33-36,39,41,45,47,69,72,78-79H,7-9,11-12,14-18,21,24-26,31-32,37-38,40,42-44,46,48-68,70-71,73-77H2,1-6H3,(H-,82,84,86,87)/b13-10-,22-19-,23-20-,29-27-,30-28-,35-33-,36-34-,41-39-,47-45-,72-69+. The maximum absolute atomic E-state index is 13.6. The molecule has 0 spiro atoms. The SMILES string of the molecule is CC/C=C\C/C=C\C/C=C\C/C=C\C/C=C\C/C=C\CCCCCCCCCCC(=O)NC(COP(=O)([O-])OCC[N+](C)(C)C)C(/C=C/CCCCCCCCCCC)OC(=O)CCCCCCCCCCCCCCCC/C=C\C/C=C\C/C=C\CCCCC. The Bertz CT molecular complexity index is 1970. The van der Waals surface area contributed by atoms with E-state index in [0.29, 0.717) is 17.4 Å². The topological polar surface area (TPSA) is 114 Å². The number of nitrogens with one attached hydrogen (secondary N) is 1. The Morgan fingerprint density at radius 1 is 0.396 bits per heavy atom. The first-order chi connectivity index (χ1) is 44.4. The number of phosphoric acid groups is 1. The fourth-order valence-corrected chi connectivity index (χ4v) is 11.3. The lowest BCUT2D eigenvalue weighted by molar-refractivity contribution is -0.870. The van der Waals surface area contributed by atoms with Crippen molar-refractivity contribution in [2.24, 2.45) is 0 Å². The molecule has 0 heterocycles. The van der Waals surface area contributed by atoms with Crippen molar-refractivity contribution in [3.63, 3.8) is 0 Å². The number of rotatable bonds is 68. The lowest BCUT2D eigenvalue weighted by atomic mass is 10.0. The summed E-state index contributed by atoms with van der Waals surface area (Å²) >= 11 is 0. The molecular weight excluding hydrogens is 1140 g/mol. The first-order valence-electron chi connectivity index (χ1n) is 37.8. The highest BCUT2D eigenvalue weighted by Gasteiger charge is 2.27. The lowest BCUT2D eigenvalue weighted by Crippen LogP contribution is -2.47. The van der Waals surface area contributed by atoms with Crippen LogP contribution in [0.15, 0.2) is 122 Å². The van der Waals surface area contributed by atoms with E-state index in [4.69, 9.17) is 13.8 Å². The fraction of sp³-hybridized carbons (Fsp3) is 0.728. The summed E-state index contributed by atoms with van der Waals surface area (Å²) in [6.45, 7) is 6.71. The van der Waals surface area contributed by atoms with Crippen LogP contribution in [-0.4, -0.2) is 69.4 Å². The van der Waals surface area contributed by atoms with Gasteiger partial charge in [-0.15, -0.1) is 0 Å². The van der Waals surface area contributed by atoms with Crippen LogP contribution in [0.2, 0.25) is 0 Å². The second-order valence-corrected chi connectivity index (χ2v) is 27.8. The molecule has 0 saturated carbocycles. The van der Waals surface area contributed by atoms with Crippen molar-refractivity contribution in [2.75, 3.05) is 40.9 Å². The maximum atomic E-state index is 13.6. The van der Waals surface area contributed by atoms with E-state index in [9.17, 15) is 19.0 Å². The van der Waals surface area contributed by atoms with Gasteiger partial charge in [0.2, 0.25) is 5.91 Å². The zero-order chi connectivity index (χ0) is 66.3. The lowest BCUT2D eigenvalue weighted by Gasteiger charge is -2.30. The minimum atomic E-state index is -4.72. The van der Waals surface area contributed by atoms with E-state index in [1.807, 2.05) is 33.3 Å². The van der Waals surface area contributed by atoms with Gasteiger partial charge in [-0.1, -0.05) is 316 Å². The Hall–Kier alpha value is -3.59. The summed E-state index contributed by atoms with van der Waals surface area (Å²) in [6.07, 6.45) is 97.6. The molecule has 0 aromatic heterocycles. The molecule has 0 radical (unpaired) electrons. The fourth-order valence-electron chi connectivity index (χ4n) is 10.6. The largest absolute Gasteiger partial charge is 0.756 e. The predicted molar refractivity (Wildman–Crippen MR) is 394 cm³/mol. The number of allylic oxidation sites excluding steroid dienone is 19. The molecule has 91 heavy (non-hydrogen) atoms. The van der Waals surface area contributed by atoms with Gasteiger partial charge < -0.3 is 28.5 Å². The Kier molecular flexibility index (Phi) is 66.5. The highest BCUT2D eigenvalue weighted by Crippen LogP contribution is 2.38. The zero-order valence-electron chi connectivity index (χ0n) is 60.0. The molecule has 524 valence electrons. The summed E-state index contributed by atoms with van der Waals surface area (Å²) in [5, 5.41) is 3.04. The summed E-state index contributed by atoms with van der Waals surface area (Å²) in [5.74, 6) is -0.550. The quantitative estimate of drug-likeness (QED) is 0.0212. The summed E-state index contributed by atoms with van der Waals surface area (Å²) in [7, 11) is 1.17. The smallest absolute Gasteiger partial charge is 0.306 e. The first-order valence-corrected chi connectivity index (χ1v) is 39.3. The van der Waals surface area contributed by atoms with E-state index >= 15 is 0 Å². The Morgan fingerprint density at radius 3 is 1.08 bits per heavy atom. The molecule has 0 fully saturated rings. The van der Waals surface area contributed by atoms with Crippen molar-refractivity contribution in [3.05, 3.63) is 122 Å². The molecule has 0 bridgehead atoms. The van der Waals surface area contributed by atoms with Gasteiger partial charge in [-0.05, 0) is 122 Å². The van der Waals surface area contributed by atoms with Crippen molar-refractivity contribution >= 4 is 19.7 Å². The van der Waals surface area contributed by atoms with Gasteiger partial charge in [-0.25, -0.2) is 0 Å². The molecule has 0 saturated heterocycles. The number of phosphoric ester groups is 1. The molecule has 0 aliphatic rings. The van der Waals surface area contributed by atoms with E-state index in [-0.39, 0.29) is 24.9 Å². The van der Waals surface area contributed by atoms with E-state index in [1.54, 1.807) is 0 Å². The number of esters is 1. The van der Waals surface area contributed by atoms with E-state index in [0.717, 1.165) is 122 Å².